The molecule has 0 aliphatic rings. The molecular weight excluding hydrogens is 260 g/mol. The van der Waals surface area contributed by atoms with Gasteiger partial charge in [0.25, 0.3) is 0 Å². The van der Waals surface area contributed by atoms with Gasteiger partial charge in [0.1, 0.15) is 5.65 Å². The number of para-hydroxylation sites is 1. The van der Waals surface area contributed by atoms with Crippen molar-refractivity contribution in [3.63, 3.8) is 0 Å². The second kappa shape index (κ2) is 6.10. The Morgan fingerprint density at radius 2 is 1.90 bits per heavy atom. The van der Waals surface area contributed by atoms with Gasteiger partial charge in [0, 0.05) is 24.6 Å². The van der Waals surface area contributed by atoms with E-state index in [-0.39, 0.29) is 0 Å². The Morgan fingerprint density at radius 1 is 1.10 bits per heavy atom. The zero-order valence-electron chi connectivity index (χ0n) is 11.7. The zero-order valence-corrected chi connectivity index (χ0v) is 11.7. The topological polar surface area (TPSA) is 44.3 Å². The predicted octanol–water partition coefficient (Wildman–Crippen LogP) is 3.25. The molecule has 3 rings (SSSR count). The molecule has 4 nitrogen and oxygen atoms in total. The van der Waals surface area contributed by atoms with E-state index in [1.54, 1.807) is 0 Å². The molecule has 0 aliphatic carbocycles. The summed E-state index contributed by atoms with van der Waals surface area (Å²) in [4.78, 5) is 6.81. The third-order valence-electron chi connectivity index (χ3n) is 3.38. The van der Waals surface area contributed by atoms with Crippen LogP contribution in [0.4, 0.5) is 5.69 Å². The second-order valence-electron chi connectivity index (χ2n) is 4.86. The highest BCUT2D eigenvalue weighted by atomic mass is 15.1. The van der Waals surface area contributed by atoms with Crippen molar-refractivity contribution < 1.29 is 0 Å². The molecular formula is C17H16N4. The number of aromatic nitrogens is 2. The first-order valence-corrected chi connectivity index (χ1v) is 6.96. The fourth-order valence-corrected chi connectivity index (χ4v) is 2.38. The maximum absolute atomic E-state index is 8.85. The summed E-state index contributed by atoms with van der Waals surface area (Å²) in [7, 11) is 0. The van der Waals surface area contributed by atoms with Crippen LogP contribution in [0, 0.1) is 11.3 Å². The molecule has 104 valence electrons. The van der Waals surface area contributed by atoms with Crippen molar-refractivity contribution in [2.24, 2.45) is 0 Å². The Bertz CT molecular complexity index is 722. The molecule has 0 spiro atoms. The van der Waals surface area contributed by atoms with Crippen LogP contribution in [-0.2, 0) is 6.54 Å². The molecule has 0 amide bonds. The van der Waals surface area contributed by atoms with Gasteiger partial charge in [0.05, 0.1) is 24.7 Å². The maximum atomic E-state index is 8.85. The summed E-state index contributed by atoms with van der Waals surface area (Å²) in [5.74, 6) is 0. The number of benzene rings is 1. The fourth-order valence-electron chi connectivity index (χ4n) is 2.38. The number of nitriles is 1. The van der Waals surface area contributed by atoms with E-state index in [9.17, 15) is 0 Å². The van der Waals surface area contributed by atoms with E-state index >= 15 is 0 Å². The Hall–Kier alpha value is -2.80. The van der Waals surface area contributed by atoms with Crippen molar-refractivity contribution in [2.45, 2.75) is 13.0 Å². The van der Waals surface area contributed by atoms with Gasteiger partial charge in [-0.3, -0.25) is 0 Å². The van der Waals surface area contributed by atoms with Crippen LogP contribution in [0.1, 0.15) is 12.1 Å². The minimum Gasteiger partial charge on any atom is -0.365 e. The molecule has 4 heteroatoms. The number of hydrogen-bond donors (Lipinski definition) is 0. The largest absolute Gasteiger partial charge is 0.365 e. The number of fused-ring (bicyclic) bond motifs is 1. The first-order chi connectivity index (χ1) is 10.4. The van der Waals surface area contributed by atoms with Crippen molar-refractivity contribution in [3.8, 4) is 6.07 Å². The molecule has 0 aliphatic heterocycles. The van der Waals surface area contributed by atoms with Crippen LogP contribution in [0.2, 0.25) is 0 Å². The van der Waals surface area contributed by atoms with Crippen LogP contribution in [-0.4, -0.2) is 15.9 Å². The van der Waals surface area contributed by atoms with Crippen LogP contribution in [0.25, 0.3) is 5.65 Å². The SMILES string of the molecule is N#CCCN(Cc1cn2ccccc2n1)c1ccccc1. The Balaban J connectivity index is 1.85. The van der Waals surface area contributed by atoms with Crippen LogP contribution in [0.5, 0.6) is 0 Å². The van der Waals surface area contributed by atoms with E-state index in [0.29, 0.717) is 19.5 Å². The van der Waals surface area contributed by atoms with Crippen molar-refractivity contribution in [2.75, 3.05) is 11.4 Å². The number of rotatable bonds is 5. The highest BCUT2D eigenvalue weighted by Gasteiger charge is 2.09. The highest BCUT2D eigenvalue weighted by molar-refractivity contribution is 5.47. The van der Waals surface area contributed by atoms with E-state index in [1.165, 1.54) is 0 Å². The summed E-state index contributed by atoms with van der Waals surface area (Å²) in [6, 6.07) is 18.3. The summed E-state index contributed by atoms with van der Waals surface area (Å²) in [5.41, 5.74) is 3.06. The molecule has 0 radical (unpaired) electrons. The van der Waals surface area contributed by atoms with Gasteiger partial charge in [-0.25, -0.2) is 4.98 Å². The predicted molar refractivity (Wildman–Crippen MR) is 82.9 cm³/mol. The molecule has 0 atom stereocenters. The smallest absolute Gasteiger partial charge is 0.137 e. The quantitative estimate of drug-likeness (QED) is 0.718. The van der Waals surface area contributed by atoms with Gasteiger partial charge in [-0.1, -0.05) is 24.3 Å². The van der Waals surface area contributed by atoms with Crippen LogP contribution in [0.3, 0.4) is 0 Å². The van der Waals surface area contributed by atoms with Gasteiger partial charge in [0.2, 0.25) is 0 Å². The lowest BCUT2D eigenvalue weighted by Crippen LogP contribution is -2.23. The summed E-state index contributed by atoms with van der Waals surface area (Å²) < 4.78 is 2.02. The minimum absolute atomic E-state index is 0.502. The van der Waals surface area contributed by atoms with Crippen molar-refractivity contribution in [1.82, 2.24) is 9.38 Å². The standard InChI is InChI=1S/C17H16N4/c18-10-6-12-20(16-7-2-1-3-8-16)13-15-14-21-11-5-4-9-17(21)19-15/h1-5,7-9,11,14H,6,12-13H2. The Kier molecular flexibility index (Phi) is 3.83. The van der Waals surface area contributed by atoms with E-state index < -0.39 is 0 Å². The van der Waals surface area contributed by atoms with E-state index in [4.69, 9.17) is 5.26 Å². The van der Waals surface area contributed by atoms with E-state index in [2.05, 4.69) is 28.1 Å². The monoisotopic (exact) mass is 276 g/mol. The summed E-state index contributed by atoms with van der Waals surface area (Å²) in [6.45, 7) is 1.40. The molecule has 21 heavy (non-hydrogen) atoms. The van der Waals surface area contributed by atoms with Crippen LogP contribution < -0.4 is 4.90 Å². The van der Waals surface area contributed by atoms with Gasteiger partial charge >= 0.3 is 0 Å². The average Bonchev–Trinajstić information content (AvgIpc) is 2.94. The molecule has 0 bridgehead atoms. The molecule has 0 saturated heterocycles. The van der Waals surface area contributed by atoms with Crippen molar-refractivity contribution in [1.29, 1.82) is 5.26 Å². The molecule has 1 aromatic carbocycles. The van der Waals surface area contributed by atoms with Crippen molar-refractivity contribution >= 4 is 11.3 Å². The van der Waals surface area contributed by atoms with E-state index in [1.807, 2.05) is 53.2 Å². The summed E-state index contributed by atoms with van der Waals surface area (Å²) in [6.07, 6.45) is 4.54. The first kappa shape index (κ1) is 13.2. The third kappa shape index (κ3) is 3.03. The number of nitrogens with zero attached hydrogens (tertiary/aromatic N) is 4. The molecule has 0 unspecified atom stereocenters. The molecule has 0 saturated carbocycles. The first-order valence-electron chi connectivity index (χ1n) is 6.96. The fraction of sp³-hybridized carbons (Fsp3) is 0.176. The third-order valence-corrected chi connectivity index (χ3v) is 3.38. The van der Waals surface area contributed by atoms with Gasteiger partial charge in [-0.2, -0.15) is 5.26 Å². The lowest BCUT2D eigenvalue weighted by Gasteiger charge is -2.22. The number of imidazole rings is 1. The van der Waals surface area contributed by atoms with Gasteiger partial charge in [-0.15, -0.1) is 0 Å². The van der Waals surface area contributed by atoms with Crippen LogP contribution in [0.15, 0.2) is 60.9 Å². The second-order valence-corrected chi connectivity index (χ2v) is 4.86. The normalized spacial score (nSPS) is 10.4. The lowest BCUT2D eigenvalue weighted by atomic mass is 10.2. The lowest BCUT2D eigenvalue weighted by molar-refractivity contribution is 0.785. The number of pyridine rings is 1. The summed E-state index contributed by atoms with van der Waals surface area (Å²) >= 11 is 0. The number of hydrogen-bond acceptors (Lipinski definition) is 3. The highest BCUT2D eigenvalue weighted by Crippen LogP contribution is 2.17. The Morgan fingerprint density at radius 3 is 2.67 bits per heavy atom. The van der Waals surface area contributed by atoms with Crippen molar-refractivity contribution in [3.05, 3.63) is 66.6 Å². The van der Waals surface area contributed by atoms with Crippen LogP contribution >= 0.6 is 0 Å². The number of anilines is 1. The zero-order chi connectivity index (χ0) is 14.5. The Labute approximate surface area is 123 Å². The molecule has 0 N–H and O–H groups in total. The van der Waals surface area contributed by atoms with Gasteiger partial charge in [0.15, 0.2) is 0 Å². The van der Waals surface area contributed by atoms with Gasteiger partial charge in [-0.05, 0) is 24.3 Å². The molecule has 3 aromatic rings. The average molecular weight is 276 g/mol. The van der Waals surface area contributed by atoms with Gasteiger partial charge < -0.3 is 9.30 Å². The minimum atomic E-state index is 0.502. The molecule has 2 aromatic heterocycles. The molecule has 2 heterocycles. The summed E-state index contributed by atoms with van der Waals surface area (Å²) in [5, 5.41) is 8.85. The maximum Gasteiger partial charge on any atom is 0.137 e. The van der Waals surface area contributed by atoms with E-state index in [0.717, 1.165) is 17.0 Å². The molecule has 0 fully saturated rings.